The number of alkyl halides is 3. The maximum atomic E-state index is 13.5. The van der Waals surface area contributed by atoms with Gasteiger partial charge < -0.3 is 9.46 Å². The van der Waals surface area contributed by atoms with Crippen molar-refractivity contribution < 1.29 is 26.7 Å². The topological polar surface area (TPSA) is 24.5 Å². The molecule has 178 valence electrons. The molecular formula is C25H21F5N2OS. The molecule has 3 aromatic rings. The van der Waals surface area contributed by atoms with Crippen LogP contribution in [0.25, 0.3) is 5.57 Å². The lowest BCUT2D eigenvalue weighted by Gasteiger charge is -2.29. The smallest absolute Gasteiger partial charge is 0.406 e. The van der Waals surface area contributed by atoms with E-state index in [0.717, 1.165) is 41.7 Å². The maximum Gasteiger partial charge on any atom is 0.573 e. The number of piperidine rings is 1. The first kappa shape index (κ1) is 24.1. The fourth-order valence-electron chi connectivity index (χ4n) is 3.77. The van der Waals surface area contributed by atoms with Gasteiger partial charge in [-0.2, -0.15) is 0 Å². The lowest BCUT2D eigenvalue weighted by atomic mass is 9.89. The second kappa shape index (κ2) is 10.5. The summed E-state index contributed by atoms with van der Waals surface area (Å²) in [7, 11) is 0. The first-order valence-electron chi connectivity index (χ1n) is 10.5. The summed E-state index contributed by atoms with van der Waals surface area (Å²) in [6.07, 6.45) is -3.01. The van der Waals surface area contributed by atoms with Crippen LogP contribution in [0.15, 0.2) is 78.4 Å². The number of rotatable bonds is 6. The van der Waals surface area contributed by atoms with E-state index in [0.29, 0.717) is 12.2 Å². The van der Waals surface area contributed by atoms with Crippen LogP contribution in [-0.4, -0.2) is 23.8 Å². The Balaban J connectivity index is 1.51. The van der Waals surface area contributed by atoms with E-state index in [1.165, 1.54) is 60.7 Å². The number of anilines is 1. The van der Waals surface area contributed by atoms with Crippen LogP contribution in [0, 0.1) is 11.6 Å². The fraction of sp³-hybridized carbons (Fsp3) is 0.200. The Morgan fingerprint density at radius 3 is 1.91 bits per heavy atom. The highest BCUT2D eigenvalue weighted by Crippen LogP contribution is 2.34. The average molecular weight is 493 g/mol. The van der Waals surface area contributed by atoms with E-state index in [4.69, 9.17) is 0 Å². The third-order valence-electron chi connectivity index (χ3n) is 5.25. The summed E-state index contributed by atoms with van der Waals surface area (Å²) in [5.41, 5.74) is 4.41. The summed E-state index contributed by atoms with van der Waals surface area (Å²) in [6, 6.07) is 18.0. The molecule has 9 heteroatoms. The third kappa shape index (κ3) is 6.51. The van der Waals surface area contributed by atoms with Crippen LogP contribution in [0.4, 0.5) is 27.6 Å². The first-order chi connectivity index (χ1) is 16.3. The van der Waals surface area contributed by atoms with Crippen molar-refractivity contribution in [3.63, 3.8) is 0 Å². The summed E-state index contributed by atoms with van der Waals surface area (Å²) in [5, 5.41) is 0. The minimum atomic E-state index is -4.73. The minimum absolute atomic E-state index is 0.283. The highest BCUT2D eigenvalue weighted by Gasteiger charge is 2.31. The maximum absolute atomic E-state index is 13.5. The van der Waals surface area contributed by atoms with Crippen molar-refractivity contribution in [2.45, 2.75) is 19.2 Å². The van der Waals surface area contributed by atoms with Crippen LogP contribution in [0.3, 0.4) is 0 Å². The molecule has 1 saturated heterocycles. The van der Waals surface area contributed by atoms with E-state index in [1.54, 1.807) is 24.3 Å². The number of nitrogens with zero attached hydrogens (tertiary/aromatic N) is 1. The average Bonchev–Trinajstić information content (AvgIpc) is 2.81. The second-order valence-corrected chi connectivity index (χ2v) is 8.63. The van der Waals surface area contributed by atoms with Crippen molar-refractivity contribution in [3.05, 3.63) is 101 Å². The summed E-state index contributed by atoms with van der Waals surface area (Å²) in [4.78, 5) is 0. The summed E-state index contributed by atoms with van der Waals surface area (Å²) >= 11 is 1.35. The number of ether oxygens (including phenoxy) is 1. The molecule has 0 aromatic heterocycles. The Bertz CT molecular complexity index is 1080. The first-order valence-corrected chi connectivity index (χ1v) is 11.3. The van der Waals surface area contributed by atoms with Crippen molar-refractivity contribution in [1.29, 1.82) is 0 Å². The number of benzene rings is 3. The summed E-state index contributed by atoms with van der Waals surface area (Å²) < 4.78 is 73.2. The monoisotopic (exact) mass is 492 g/mol. The van der Waals surface area contributed by atoms with Gasteiger partial charge in [-0.3, -0.25) is 0 Å². The Labute approximate surface area is 198 Å². The molecule has 0 amide bonds. The van der Waals surface area contributed by atoms with Crippen molar-refractivity contribution >= 4 is 23.4 Å². The fourth-order valence-corrected chi connectivity index (χ4v) is 4.58. The van der Waals surface area contributed by atoms with Crippen molar-refractivity contribution in [3.8, 4) is 5.75 Å². The van der Waals surface area contributed by atoms with E-state index >= 15 is 0 Å². The molecule has 1 aliphatic heterocycles. The highest BCUT2D eigenvalue weighted by molar-refractivity contribution is 7.98. The van der Waals surface area contributed by atoms with E-state index < -0.39 is 6.36 Å². The molecule has 0 saturated carbocycles. The molecule has 0 atom stereocenters. The van der Waals surface area contributed by atoms with Crippen molar-refractivity contribution in [1.82, 2.24) is 4.31 Å². The van der Waals surface area contributed by atoms with Gasteiger partial charge in [0.2, 0.25) is 0 Å². The lowest BCUT2D eigenvalue weighted by Crippen LogP contribution is -2.27. The van der Waals surface area contributed by atoms with Gasteiger partial charge in [0.15, 0.2) is 0 Å². The molecular weight excluding hydrogens is 471 g/mol. The number of hydrogen-bond acceptors (Lipinski definition) is 4. The molecule has 3 nitrogen and oxygen atoms in total. The van der Waals surface area contributed by atoms with Gasteiger partial charge in [-0.1, -0.05) is 24.3 Å². The van der Waals surface area contributed by atoms with Gasteiger partial charge in [0.05, 0.1) is 0 Å². The SMILES string of the molecule is Fc1ccc(C(=C2CCCN(SNc3ccc(OC(F)(F)F)cc3)C2)c2ccc(F)cc2)cc1. The van der Waals surface area contributed by atoms with Crippen LogP contribution in [0.2, 0.25) is 0 Å². The van der Waals surface area contributed by atoms with Crippen LogP contribution >= 0.6 is 12.1 Å². The van der Waals surface area contributed by atoms with Crippen LogP contribution in [0.1, 0.15) is 24.0 Å². The molecule has 0 aliphatic carbocycles. The second-order valence-electron chi connectivity index (χ2n) is 7.72. The van der Waals surface area contributed by atoms with Crippen molar-refractivity contribution in [2.24, 2.45) is 0 Å². The largest absolute Gasteiger partial charge is 0.573 e. The molecule has 1 aliphatic rings. The predicted octanol–water partition coefficient (Wildman–Crippen LogP) is 7.44. The Kier molecular flexibility index (Phi) is 7.43. The molecule has 3 aromatic carbocycles. The van der Waals surface area contributed by atoms with Gasteiger partial charge in [-0.05, 0) is 83.6 Å². The van der Waals surface area contributed by atoms with Gasteiger partial charge >= 0.3 is 6.36 Å². The number of nitrogens with one attached hydrogen (secondary N) is 1. The summed E-state index contributed by atoms with van der Waals surface area (Å²) in [6.45, 7) is 1.41. The molecule has 0 bridgehead atoms. The molecule has 4 rings (SSSR count). The van der Waals surface area contributed by atoms with Crippen LogP contribution in [-0.2, 0) is 0 Å². The Hall–Kier alpha value is -3.04. The van der Waals surface area contributed by atoms with Gasteiger partial charge in [0.25, 0.3) is 0 Å². The Morgan fingerprint density at radius 1 is 0.824 bits per heavy atom. The zero-order valence-corrected chi connectivity index (χ0v) is 18.7. The quantitative estimate of drug-likeness (QED) is 0.286. The van der Waals surface area contributed by atoms with E-state index in [2.05, 4.69) is 13.8 Å². The molecule has 34 heavy (non-hydrogen) atoms. The number of halogens is 5. The standard InChI is InChI=1S/C25H21F5N2OS/c26-20-7-3-17(4-8-20)24(18-5-9-21(27)10-6-18)19-2-1-15-32(16-19)34-31-22-11-13-23(14-12-22)33-25(28,29)30/h3-14,31H,1-2,15-16H2. The van der Waals surface area contributed by atoms with Crippen LogP contribution < -0.4 is 9.46 Å². The minimum Gasteiger partial charge on any atom is -0.406 e. The highest BCUT2D eigenvalue weighted by atomic mass is 32.2. The van der Waals surface area contributed by atoms with Gasteiger partial charge in [0.1, 0.15) is 17.4 Å². The van der Waals surface area contributed by atoms with Crippen molar-refractivity contribution in [2.75, 3.05) is 17.8 Å². The zero-order chi connectivity index (χ0) is 24.1. The van der Waals surface area contributed by atoms with E-state index in [9.17, 15) is 22.0 Å². The molecule has 0 spiro atoms. The zero-order valence-electron chi connectivity index (χ0n) is 17.9. The van der Waals surface area contributed by atoms with E-state index in [1.807, 2.05) is 0 Å². The van der Waals surface area contributed by atoms with Crippen LogP contribution in [0.5, 0.6) is 5.75 Å². The van der Waals surface area contributed by atoms with E-state index in [-0.39, 0.29) is 17.4 Å². The Morgan fingerprint density at radius 2 is 1.38 bits per heavy atom. The molecule has 1 heterocycles. The number of hydrogen-bond donors (Lipinski definition) is 1. The van der Waals surface area contributed by atoms with Gasteiger partial charge in [-0.25, -0.2) is 13.1 Å². The molecule has 0 radical (unpaired) electrons. The molecule has 1 N–H and O–H groups in total. The lowest BCUT2D eigenvalue weighted by molar-refractivity contribution is -0.274. The molecule has 1 fully saturated rings. The predicted molar refractivity (Wildman–Crippen MR) is 124 cm³/mol. The van der Waals surface area contributed by atoms with Gasteiger partial charge in [0, 0.05) is 30.9 Å². The summed E-state index contributed by atoms with van der Waals surface area (Å²) in [5.74, 6) is -0.942. The normalized spacial score (nSPS) is 14.7. The molecule has 0 unspecified atom stereocenters. The third-order valence-corrected chi connectivity index (χ3v) is 6.15. The van der Waals surface area contributed by atoms with Gasteiger partial charge in [-0.15, -0.1) is 13.2 Å².